The van der Waals surface area contributed by atoms with E-state index in [0.29, 0.717) is 25.3 Å². The quantitative estimate of drug-likeness (QED) is 0.774. The molecule has 2 heterocycles. The molecule has 1 aliphatic rings. The molecule has 5 nitrogen and oxygen atoms in total. The van der Waals surface area contributed by atoms with Crippen LogP contribution in [0.25, 0.3) is 0 Å². The molecule has 102 valence electrons. The van der Waals surface area contributed by atoms with Crippen LogP contribution in [0.1, 0.15) is 30.1 Å². The molecule has 19 heavy (non-hydrogen) atoms. The van der Waals surface area contributed by atoms with Crippen LogP contribution >= 0.6 is 0 Å². The largest absolute Gasteiger partial charge is 0.466 e. The third-order valence-electron chi connectivity index (χ3n) is 3.24. The molecule has 2 rings (SSSR count). The minimum absolute atomic E-state index is 0.0675. The molecule has 0 radical (unpaired) electrons. The van der Waals surface area contributed by atoms with Gasteiger partial charge < -0.3 is 9.64 Å². The number of hydrogen-bond acceptors (Lipinski definition) is 4. The van der Waals surface area contributed by atoms with Crippen molar-refractivity contribution in [1.82, 2.24) is 9.88 Å². The maximum atomic E-state index is 12.3. The van der Waals surface area contributed by atoms with Gasteiger partial charge in [0.1, 0.15) is 0 Å². The molecular formula is C14H18N2O3. The summed E-state index contributed by atoms with van der Waals surface area (Å²) < 4.78 is 5.03. The Morgan fingerprint density at radius 2 is 2.37 bits per heavy atom. The zero-order valence-corrected chi connectivity index (χ0v) is 11.0. The molecule has 0 saturated carbocycles. The molecule has 1 aromatic heterocycles. The summed E-state index contributed by atoms with van der Waals surface area (Å²) in [4.78, 5) is 29.6. The molecule has 0 N–H and O–H groups in total. The average Bonchev–Trinajstić information content (AvgIpc) is 2.48. The molecule has 0 unspecified atom stereocenters. The zero-order chi connectivity index (χ0) is 13.7. The molecule has 1 amide bonds. The highest BCUT2D eigenvalue weighted by atomic mass is 16.5. The number of amides is 1. The maximum Gasteiger partial charge on any atom is 0.310 e. The second-order valence-electron chi connectivity index (χ2n) is 4.58. The monoisotopic (exact) mass is 262 g/mol. The molecule has 5 heteroatoms. The summed E-state index contributed by atoms with van der Waals surface area (Å²) >= 11 is 0. The number of ether oxygens (including phenoxy) is 1. The van der Waals surface area contributed by atoms with Crippen molar-refractivity contribution >= 4 is 11.9 Å². The van der Waals surface area contributed by atoms with E-state index in [-0.39, 0.29) is 17.8 Å². The smallest absolute Gasteiger partial charge is 0.310 e. The van der Waals surface area contributed by atoms with Crippen LogP contribution in [0.2, 0.25) is 0 Å². The number of carbonyl (C=O) groups excluding carboxylic acids is 2. The van der Waals surface area contributed by atoms with Gasteiger partial charge in [0.25, 0.3) is 5.91 Å². The van der Waals surface area contributed by atoms with Crippen LogP contribution < -0.4 is 0 Å². The van der Waals surface area contributed by atoms with Crippen molar-refractivity contribution in [3.8, 4) is 0 Å². The second kappa shape index (κ2) is 6.31. The van der Waals surface area contributed by atoms with Gasteiger partial charge >= 0.3 is 5.97 Å². The summed E-state index contributed by atoms with van der Waals surface area (Å²) in [5, 5.41) is 0. The van der Waals surface area contributed by atoms with Crippen molar-refractivity contribution in [3.63, 3.8) is 0 Å². The molecule has 0 bridgehead atoms. The van der Waals surface area contributed by atoms with Gasteiger partial charge in [-0.3, -0.25) is 14.6 Å². The van der Waals surface area contributed by atoms with Gasteiger partial charge in [0, 0.05) is 25.5 Å². The van der Waals surface area contributed by atoms with E-state index < -0.39 is 0 Å². The number of rotatable bonds is 3. The second-order valence-corrected chi connectivity index (χ2v) is 4.58. The van der Waals surface area contributed by atoms with E-state index in [1.54, 1.807) is 36.4 Å². The predicted octanol–water partition coefficient (Wildman–Crippen LogP) is 1.50. The van der Waals surface area contributed by atoms with Crippen molar-refractivity contribution in [2.24, 2.45) is 5.92 Å². The minimum atomic E-state index is -0.203. The number of likely N-dealkylation sites (tertiary alicyclic amines) is 1. The van der Waals surface area contributed by atoms with E-state index in [1.807, 2.05) is 0 Å². The molecule has 1 aromatic rings. The lowest BCUT2D eigenvalue weighted by molar-refractivity contribution is -0.149. The van der Waals surface area contributed by atoms with Gasteiger partial charge in [-0.15, -0.1) is 0 Å². The van der Waals surface area contributed by atoms with Crippen LogP contribution in [0.15, 0.2) is 24.5 Å². The summed E-state index contributed by atoms with van der Waals surface area (Å²) in [5.74, 6) is -0.470. The molecule has 0 spiro atoms. The van der Waals surface area contributed by atoms with Gasteiger partial charge in [0.05, 0.1) is 18.1 Å². The molecular weight excluding hydrogens is 244 g/mol. The Labute approximate surface area is 112 Å². The van der Waals surface area contributed by atoms with Gasteiger partial charge in [-0.05, 0) is 31.9 Å². The van der Waals surface area contributed by atoms with E-state index in [1.165, 1.54) is 0 Å². The summed E-state index contributed by atoms with van der Waals surface area (Å²) in [5.41, 5.74) is 0.562. The first-order valence-electron chi connectivity index (χ1n) is 6.58. The Kier molecular flexibility index (Phi) is 4.49. The Hall–Kier alpha value is -1.91. The zero-order valence-electron chi connectivity index (χ0n) is 11.0. The topological polar surface area (TPSA) is 59.5 Å². The van der Waals surface area contributed by atoms with Crippen LogP contribution in [0.5, 0.6) is 0 Å². The van der Waals surface area contributed by atoms with Crippen molar-refractivity contribution in [1.29, 1.82) is 0 Å². The lowest BCUT2D eigenvalue weighted by Gasteiger charge is -2.31. The molecule has 1 saturated heterocycles. The van der Waals surface area contributed by atoms with Crippen LogP contribution in [0, 0.1) is 5.92 Å². The first-order valence-corrected chi connectivity index (χ1v) is 6.58. The van der Waals surface area contributed by atoms with E-state index in [2.05, 4.69) is 4.98 Å². The number of aromatic nitrogens is 1. The number of hydrogen-bond donors (Lipinski definition) is 0. The van der Waals surface area contributed by atoms with Gasteiger partial charge in [0.15, 0.2) is 0 Å². The van der Waals surface area contributed by atoms with E-state index in [9.17, 15) is 9.59 Å². The number of nitrogens with zero attached hydrogens (tertiary/aromatic N) is 2. The standard InChI is InChI=1S/C14H18N2O3/c1-2-19-14(18)12-6-4-8-16(10-12)13(17)11-5-3-7-15-9-11/h3,5,7,9,12H,2,4,6,8,10H2,1H3/t12-/m1/s1. The predicted molar refractivity (Wildman–Crippen MR) is 69.5 cm³/mol. The summed E-state index contributed by atoms with van der Waals surface area (Å²) in [7, 11) is 0. The van der Waals surface area contributed by atoms with Gasteiger partial charge in [-0.25, -0.2) is 0 Å². The normalized spacial score (nSPS) is 19.0. The first kappa shape index (κ1) is 13.5. The number of pyridine rings is 1. The number of esters is 1. The fraction of sp³-hybridized carbons (Fsp3) is 0.500. The molecule has 1 aliphatic heterocycles. The fourth-order valence-corrected chi connectivity index (χ4v) is 2.29. The Bertz CT molecular complexity index is 447. The van der Waals surface area contributed by atoms with Crippen LogP contribution in [0.3, 0.4) is 0 Å². The number of piperidine rings is 1. The molecule has 1 fully saturated rings. The highest BCUT2D eigenvalue weighted by Gasteiger charge is 2.29. The Morgan fingerprint density at radius 3 is 3.05 bits per heavy atom. The van der Waals surface area contributed by atoms with E-state index in [4.69, 9.17) is 4.74 Å². The van der Waals surface area contributed by atoms with Gasteiger partial charge in [-0.1, -0.05) is 0 Å². The highest BCUT2D eigenvalue weighted by molar-refractivity contribution is 5.94. The SMILES string of the molecule is CCOC(=O)[C@@H]1CCCN(C(=O)c2cccnc2)C1. The van der Waals surface area contributed by atoms with Gasteiger partial charge in [-0.2, -0.15) is 0 Å². The number of carbonyl (C=O) groups is 2. The third kappa shape index (κ3) is 3.30. The van der Waals surface area contributed by atoms with Crippen LogP contribution in [0.4, 0.5) is 0 Å². The van der Waals surface area contributed by atoms with E-state index >= 15 is 0 Å². The maximum absolute atomic E-state index is 12.3. The van der Waals surface area contributed by atoms with Crippen molar-refractivity contribution in [2.45, 2.75) is 19.8 Å². The Balaban J connectivity index is 2.01. The lowest BCUT2D eigenvalue weighted by atomic mass is 9.97. The van der Waals surface area contributed by atoms with E-state index in [0.717, 1.165) is 12.8 Å². The summed E-state index contributed by atoms with van der Waals surface area (Å²) in [6.07, 6.45) is 4.80. The third-order valence-corrected chi connectivity index (χ3v) is 3.24. The van der Waals surface area contributed by atoms with Crippen molar-refractivity contribution in [3.05, 3.63) is 30.1 Å². The molecule has 1 atom stereocenters. The fourth-order valence-electron chi connectivity index (χ4n) is 2.29. The van der Waals surface area contributed by atoms with Crippen molar-refractivity contribution in [2.75, 3.05) is 19.7 Å². The molecule has 0 aromatic carbocycles. The van der Waals surface area contributed by atoms with Crippen molar-refractivity contribution < 1.29 is 14.3 Å². The minimum Gasteiger partial charge on any atom is -0.466 e. The lowest BCUT2D eigenvalue weighted by Crippen LogP contribution is -2.42. The Morgan fingerprint density at radius 1 is 1.53 bits per heavy atom. The van der Waals surface area contributed by atoms with Crippen LogP contribution in [-0.2, 0) is 9.53 Å². The molecule has 0 aliphatic carbocycles. The van der Waals surface area contributed by atoms with Crippen LogP contribution in [-0.4, -0.2) is 41.5 Å². The van der Waals surface area contributed by atoms with Gasteiger partial charge in [0.2, 0.25) is 0 Å². The summed E-state index contributed by atoms with van der Waals surface area (Å²) in [6.45, 7) is 3.29. The highest BCUT2D eigenvalue weighted by Crippen LogP contribution is 2.19. The summed E-state index contributed by atoms with van der Waals surface area (Å²) in [6, 6.07) is 3.48. The average molecular weight is 262 g/mol. The first-order chi connectivity index (χ1) is 9.22.